The van der Waals surface area contributed by atoms with E-state index in [9.17, 15) is 0 Å². The van der Waals surface area contributed by atoms with Gasteiger partial charge in [0.15, 0.2) is 0 Å². The van der Waals surface area contributed by atoms with Crippen LogP contribution in [0.2, 0.25) is 0 Å². The van der Waals surface area contributed by atoms with Crippen LogP contribution in [-0.4, -0.2) is 28.6 Å². The Morgan fingerprint density at radius 3 is 2.75 bits per heavy atom. The maximum Gasteiger partial charge on any atom is 0.137 e. The summed E-state index contributed by atoms with van der Waals surface area (Å²) in [7, 11) is 3.75. The topological polar surface area (TPSA) is 27.0 Å². The van der Waals surface area contributed by atoms with Crippen LogP contribution in [0, 0.1) is 11.3 Å². The molecule has 1 unspecified atom stereocenters. The van der Waals surface area contributed by atoms with Crippen molar-refractivity contribution in [3.63, 3.8) is 0 Å². The fourth-order valence-corrected chi connectivity index (χ4v) is 1.59. The molecule has 12 heavy (non-hydrogen) atoms. The molecule has 0 aromatic heterocycles. The lowest BCUT2D eigenvalue weighted by Gasteiger charge is -2.14. The van der Waals surface area contributed by atoms with E-state index < -0.39 is 0 Å². The van der Waals surface area contributed by atoms with E-state index in [1.165, 1.54) is 11.8 Å². The molecule has 0 aromatic rings. The number of hydrogen-bond acceptors (Lipinski definition) is 3. The summed E-state index contributed by atoms with van der Waals surface area (Å²) in [4.78, 5) is 1.83. The minimum absolute atomic E-state index is 0.0996. The lowest BCUT2D eigenvalue weighted by molar-refractivity contribution is 0.647. The Hall–Kier alpha value is -0.530. The first-order chi connectivity index (χ1) is 5.61. The Balaban J connectivity index is 3.95. The number of hydrogen-bond donors (Lipinski definition) is 0. The van der Waals surface area contributed by atoms with Gasteiger partial charge in [0.05, 0.1) is 6.07 Å². The quantitative estimate of drug-likeness (QED) is 0.514. The minimum Gasteiger partial charge on any atom is -0.364 e. The lowest BCUT2D eigenvalue weighted by atomic mass is 10.3. The van der Waals surface area contributed by atoms with Gasteiger partial charge in [-0.3, -0.25) is 0 Å². The maximum absolute atomic E-state index is 8.69. The Morgan fingerprint density at radius 1 is 1.83 bits per heavy atom. The number of allylic oxidation sites excluding steroid dienone is 1. The van der Waals surface area contributed by atoms with Crippen LogP contribution in [0.3, 0.4) is 0 Å². The number of thiocarbonyl (C=S) groups is 1. The van der Waals surface area contributed by atoms with Crippen LogP contribution < -0.4 is 0 Å². The molecule has 66 valence electrons. The Labute approximate surface area is 83.2 Å². The highest BCUT2D eigenvalue weighted by molar-refractivity contribution is 8.23. The zero-order chi connectivity index (χ0) is 9.56. The van der Waals surface area contributed by atoms with Gasteiger partial charge in [-0.2, -0.15) is 5.26 Å². The predicted octanol–water partition coefficient (Wildman–Crippen LogP) is 2.03. The summed E-state index contributed by atoms with van der Waals surface area (Å²) in [6.45, 7) is 3.58. The van der Waals surface area contributed by atoms with Crippen LogP contribution in [0.15, 0.2) is 12.7 Å². The number of nitrogens with zero attached hydrogens (tertiary/aromatic N) is 2. The highest BCUT2D eigenvalue weighted by Crippen LogP contribution is 2.17. The monoisotopic (exact) mass is 200 g/mol. The van der Waals surface area contributed by atoms with Gasteiger partial charge in [-0.15, -0.1) is 6.58 Å². The SMILES string of the molecule is C=CCC(C#N)SC(=S)N(C)C. The molecule has 0 saturated heterocycles. The predicted molar refractivity (Wildman–Crippen MR) is 58.1 cm³/mol. The second-order valence-corrected chi connectivity index (χ2v) is 4.26. The van der Waals surface area contributed by atoms with Crippen molar-refractivity contribution >= 4 is 28.3 Å². The molecule has 2 nitrogen and oxygen atoms in total. The van der Waals surface area contributed by atoms with Crippen molar-refractivity contribution in [2.45, 2.75) is 11.7 Å². The van der Waals surface area contributed by atoms with Crippen molar-refractivity contribution in [2.75, 3.05) is 14.1 Å². The molecule has 0 spiro atoms. The molecule has 4 heteroatoms. The first kappa shape index (κ1) is 11.5. The van der Waals surface area contributed by atoms with Crippen LogP contribution in [-0.2, 0) is 0 Å². The average molecular weight is 200 g/mol. The van der Waals surface area contributed by atoms with Crippen LogP contribution in [0.5, 0.6) is 0 Å². The summed E-state index contributed by atoms with van der Waals surface area (Å²) in [6.07, 6.45) is 2.41. The zero-order valence-electron chi connectivity index (χ0n) is 7.28. The molecule has 0 saturated carbocycles. The second kappa shape index (κ2) is 6.04. The molecule has 0 fully saturated rings. The standard InChI is InChI=1S/C8H12N2S2/c1-4-5-7(6-9)12-8(11)10(2)3/h4,7H,1,5H2,2-3H3. The number of thioether (sulfide) groups is 1. The summed E-state index contributed by atoms with van der Waals surface area (Å²) in [6, 6.07) is 2.17. The van der Waals surface area contributed by atoms with Gasteiger partial charge in [0.2, 0.25) is 0 Å². The lowest BCUT2D eigenvalue weighted by Crippen LogP contribution is -2.18. The molecule has 0 radical (unpaired) electrons. The molecule has 0 amide bonds. The van der Waals surface area contributed by atoms with Crippen molar-refractivity contribution in [3.8, 4) is 6.07 Å². The van der Waals surface area contributed by atoms with Crippen molar-refractivity contribution in [3.05, 3.63) is 12.7 Å². The first-order valence-corrected chi connectivity index (χ1v) is 4.79. The molecule has 0 aliphatic carbocycles. The van der Waals surface area contributed by atoms with Gasteiger partial charge in [0, 0.05) is 14.1 Å². The third kappa shape index (κ3) is 4.37. The van der Waals surface area contributed by atoms with Crippen LogP contribution in [0.4, 0.5) is 0 Å². The van der Waals surface area contributed by atoms with E-state index in [1.54, 1.807) is 6.08 Å². The van der Waals surface area contributed by atoms with E-state index in [2.05, 4.69) is 12.6 Å². The molecule has 0 aliphatic heterocycles. The normalized spacial score (nSPS) is 11.4. The molecule has 0 aromatic carbocycles. The van der Waals surface area contributed by atoms with E-state index in [4.69, 9.17) is 17.5 Å². The highest BCUT2D eigenvalue weighted by Gasteiger charge is 2.10. The molecule has 0 heterocycles. The maximum atomic E-state index is 8.69. The number of rotatable bonds is 3. The Morgan fingerprint density at radius 2 is 2.42 bits per heavy atom. The summed E-state index contributed by atoms with van der Waals surface area (Å²) >= 11 is 6.44. The molecule has 1 atom stereocenters. The largest absolute Gasteiger partial charge is 0.364 e. The van der Waals surface area contributed by atoms with Gasteiger partial charge < -0.3 is 4.90 Å². The Bertz CT molecular complexity index is 206. The van der Waals surface area contributed by atoms with Crippen LogP contribution in [0.25, 0.3) is 0 Å². The highest BCUT2D eigenvalue weighted by atomic mass is 32.2. The average Bonchev–Trinajstić information content (AvgIpc) is 2.03. The van der Waals surface area contributed by atoms with Gasteiger partial charge >= 0.3 is 0 Å². The van der Waals surface area contributed by atoms with E-state index in [0.717, 1.165) is 4.32 Å². The summed E-state index contributed by atoms with van der Waals surface area (Å²) in [5, 5.41) is 8.59. The van der Waals surface area contributed by atoms with E-state index >= 15 is 0 Å². The first-order valence-electron chi connectivity index (χ1n) is 3.50. The van der Waals surface area contributed by atoms with Crippen molar-refractivity contribution in [2.24, 2.45) is 0 Å². The molecule has 0 N–H and O–H groups in total. The minimum atomic E-state index is -0.0996. The smallest absolute Gasteiger partial charge is 0.137 e. The fourth-order valence-electron chi connectivity index (χ4n) is 0.506. The van der Waals surface area contributed by atoms with E-state index in [1.807, 2.05) is 19.0 Å². The van der Waals surface area contributed by atoms with Gasteiger partial charge in [-0.05, 0) is 6.42 Å². The van der Waals surface area contributed by atoms with E-state index in [-0.39, 0.29) is 5.25 Å². The fraction of sp³-hybridized carbons (Fsp3) is 0.500. The molecular weight excluding hydrogens is 188 g/mol. The van der Waals surface area contributed by atoms with Gasteiger partial charge in [-0.1, -0.05) is 30.1 Å². The van der Waals surface area contributed by atoms with Gasteiger partial charge in [0.25, 0.3) is 0 Å². The molecular formula is C8H12N2S2. The van der Waals surface area contributed by atoms with Crippen molar-refractivity contribution in [1.82, 2.24) is 4.90 Å². The third-order valence-electron chi connectivity index (χ3n) is 1.13. The summed E-state index contributed by atoms with van der Waals surface area (Å²) < 4.78 is 0.739. The van der Waals surface area contributed by atoms with Crippen LogP contribution in [0.1, 0.15) is 6.42 Å². The van der Waals surface area contributed by atoms with Crippen molar-refractivity contribution in [1.29, 1.82) is 5.26 Å². The zero-order valence-corrected chi connectivity index (χ0v) is 8.91. The second-order valence-electron chi connectivity index (χ2n) is 2.42. The molecule has 0 bridgehead atoms. The Kier molecular flexibility index (Phi) is 5.77. The number of nitriles is 1. The summed E-state index contributed by atoms with van der Waals surface area (Å²) in [5.41, 5.74) is 0. The van der Waals surface area contributed by atoms with Crippen LogP contribution >= 0.6 is 24.0 Å². The third-order valence-corrected chi connectivity index (χ3v) is 2.94. The molecule has 0 aliphatic rings. The van der Waals surface area contributed by atoms with Crippen molar-refractivity contribution < 1.29 is 0 Å². The van der Waals surface area contributed by atoms with Gasteiger partial charge in [-0.25, -0.2) is 0 Å². The van der Waals surface area contributed by atoms with E-state index in [0.29, 0.717) is 6.42 Å². The summed E-state index contributed by atoms with van der Waals surface area (Å²) in [5.74, 6) is 0. The van der Waals surface area contributed by atoms with Gasteiger partial charge in [0.1, 0.15) is 9.57 Å². The molecule has 0 rings (SSSR count).